The Morgan fingerprint density at radius 3 is 2.66 bits per heavy atom. The maximum absolute atomic E-state index is 5.40. The van der Waals surface area contributed by atoms with E-state index in [0.717, 1.165) is 63.0 Å². The van der Waals surface area contributed by atoms with Crippen LogP contribution in [0.5, 0.6) is 11.5 Å². The molecule has 0 fully saturated rings. The van der Waals surface area contributed by atoms with Gasteiger partial charge in [0, 0.05) is 22.9 Å². The fourth-order valence-electron chi connectivity index (χ4n) is 3.31. The number of nitrogens with zero attached hydrogens (tertiary/aromatic N) is 3. The summed E-state index contributed by atoms with van der Waals surface area (Å²) in [6, 6.07) is 9.95. The van der Waals surface area contributed by atoms with Gasteiger partial charge in [0.1, 0.15) is 22.9 Å². The fraction of sp³-hybridized carbons (Fsp3) is 0.238. The van der Waals surface area contributed by atoms with Crippen LogP contribution >= 0.6 is 15.9 Å². The topological polar surface area (TPSA) is 76.5 Å². The van der Waals surface area contributed by atoms with Gasteiger partial charge in [0.15, 0.2) is 11.5 Å². The Balaban J connectivity index is 1.62. The first-order valence-electron chi connectivity index (χ1n) is 9.23. The molecule has 3 heterocycles. The van der Waals surface area contributed by atoms with E-state index in [1.807, 2.05) is 47.9 Å². The summed E-state index contributed by atoms with van der Waals surface area (Å²) in [5, 5.41) is 3.55. The number of nitrogens with one attached hydrogen (secondary N) is 2. The molecule has 0 unspecified atom stereocenters. The fourth-order valence-corrected chi connectivity index (χ4v) is 3.65. The number of H-pyrrole nitrogens is 1. The third-order valence-corrected chi connectivity index (χ3v) is 5.26. The lowest BCUT2D eigenvalue weighted by Crippen LogP contribution is -2.08. The zero-order valence-corrected chi connectivity index (χ0v) is 18.1. The average Bonchev–Trinajstić information content (AvgIpc) is 3.30. The number of aromatic amines is 1. The summed E-state index contributed by atoms with van der Waals surface area (Å²) in [5.41, 5.74) is 4.67. The van der Waals surface area contributed by atoms with Gasteiger partial charge in [0.05, 0.1) is 20.5 Å². The van der Waals surface area contributed by atoms with Crippen molar-refractivity contribution in [2.24, 2.45) is 0 Å². The predicted octanol–water partition coefficient (Wildman–Crippen LogP) is 4.47. The van der Waals surface area contributed by atoms with E-state index < -0.39 is 0 Å². The zero-order valence-electron chi connectivity index (χ0n) is 16.5. The van der Waals surface area contributed by atoms with Crippen molar-refractivity contribution in [2.45, 2.75) is 13.3 Å². The van der Waals surface area contributed by atoms with Crippen molar-refractivity contribution in [3.63, 3.8) is 0 Å². The lowest BCUT2D eigenvalue weighted by molar-refractivity contribution is 0.354. The number of halogens is 1. The van der Waals surface area contributed by atoms with Crippen molar-refractivity contribution in [1.29, 1.82) is 0 Å². The van der Waals surface area contributed by atoms with Crippen LogP contribution in [0, 0.1) is 6.92 Å². The highest BCUT2D eigenvalue weighted by atomic mass is 79.9. The van der Waals surface area contributed by atoms with Crippen molar-refractivity contribution in [3.05, 3.63) is 58.6 Å². The molecular formula is C21H22BrN5O2. The van der Waals surface area contributed by atoms with Crippen LogP contribution in [-0.2, 0) is 6.42 Å². The van der Waals surface area contributed by atoms with Crippen molar-refractivity contribution in [3.8, 4) is 22.9 Å². The third-order valence-electron chi connectivity index (χ3n) is 4.79. The molecule has 0 amide bonds. The van der Waals surface area contributed by atoms with Crippen molar-refractivity contribution in [1.82, 2.24) is 19.4 Å². The number of benzene rings is 1. The maximum atomic E-state index is 5.40. The molecule has 29 heavy (non-hydrogen) atoms. The van der Waals surface area contributed by atoms with Gasteiger partial charge in [-0.05, 0) is 59.1 Å². The molecule has 0 aliphatic carbocycles. The molecular weight excluding hydrogens is 434 g/mol. The van der Waals surface area contributed by atoms with Crippen molar-refractivity contribution < 1.29 is 9.47 Å². The predicted molar refractivity (Wildman–Crippen MR) is 117 cm³/mol. The Morgan fingerprint density at radius 2 is 1.93 bits per heavy atom. The molecule has 0 radical (unpaired) electrons. The van der Waals surface area contributed by atoms with Crippen LogP contribution < -0.4 is 14.8 Å². The SMILES string of the molecule is COc1ccc(CCNc2c(-c3nc[nH]c3C)nc3ccc(Br)cn23)cc1OC. The van der Waals surface area contributed by atoms with Gasteiger partial charge in [-0.1, -0.05) is 6.07 Å². The van der Waals surface area contributed by atoms with Gasteiger partial charge in [0.2, 0.25) is 0 Å². The monoisotopic (exact) mass is 455 g/mol. The van der Waals surface area contributed by atoms with E-state index in [4.69, 9.17) is 14.5 Å². The summed E-state index contributed by atoms with van der Waals surface area (Å²) in [5.74, 6) is 2.38. The molecule has 0 saturated carbocycles. The number of aromatic nitrogens is 4. The van der Waals surface area contributed by atoms with E-state index in [0.29, 0.717) is 0 Å². The first kappa shape index (κ1) is 19.3. The minimum absolute atomic E-state index is 0.728. The van der Waals surface area contributed by atoms with Gasteiger partial charge in [-0.15, -0.1) is 0 Å². The molecule has 2 N–H and O–H groups in total. The minimum Gasteiger partial charge on any atom is -0.493 e. The molecule has 7 nitrogen and oxygen atoms in total. The Morgan fingerprint density at radius 1 is 1.10 bits per heavy atom. The molecule has 0 saturated heterocycles. The standard InChI is InChI=1S/C21H22BrN5O2/c1-13-19(25-12-24-13)20-21(27-11-15(22)5-7-18(27)26-20)23-9-8-14-4-6-16(28-2)17(10-14)29-3/h4-7,10-12,23H,8-9H2,1-3H3,(H,24,25). The number of anilines is 1. The van der Waals surface area contributed by atoms with Gasteiger partial charge in [-0.25, -0.2) is 9.97 Å². The maximum Gasteiger partial charge on any atom is 0.160 e. The van der Waals surface area contributed by atoms with Crippen LogP contribution in [0.15, 0.2) is 47.3 Å². The molecule has 0 aliphatic heterocycles. The summed E-state index contributed by atoms with van der Waals surface area (Å²) in [6.45, 7) is 2.72. The van der Waals surface area contributed by atoms with E-state index in [2.05, 4.69) is 31.2 Å². The zero-order chi connectivity index (χ0) is 20.4. The molecule has 0 aliphatic rings. The molecule has 0 bridgehead atoms. The van der Waals surface area contributed by atoms with Gasteiger partial charge in [-0.2, -0.15) is 0 Å². The Bertz CT molecular complexity index is 1150. The quantitative estimate of drug-likeness (QED) is 0.429. The first-order valence-corrected chi connectivity index (χ1v) is 10.0. The Labute approximate surface area is 177 Å². The van der Waals surface area contributed by atoms with Gasteiger partial charge < -0.3 is 19.8 Å². The summed E-state index contributed by atoms with van der Waals surface area (Å²) < 4.78 is 13.7. The second kappa shape index (κ2) is 8.16. The highest BCUT2D eigenvalue weighted by Gasteiger charge is 2.17. The number of rotatable bonds is 7. The number of imidazole rings is 2. The molecule has 3 aromatic heterocycles. The van der Waals surface area contributed by atoms with E-state index in [1.165, 1.54) is 0 Å². The Hall–Kier alpha value is -3.00. The lowest BCUT2D eigenvalue weighted by Gasteiger charge is -2.11. The smallest absolute Gasteiger partial charge is 0.160 e. The largest absolute Gasteiger partial charge is 0.493 e. The summed E-state index contributed by atoms with van der Waals surface area (Å²) in [6.07, 6.45) is 4.52. The molecule has 0 spiro atoms. The number of methoxy groups -OCH3 is 2. The summed E-state index contributed by atoms with van der Waals surface area (Å²) in [4.78, 5) is 12.4. The van der Waals surface area contributed by atoms with Gasteiger partial charge >= 0.3 is 0 Å². The average molecular weight is 456 g/mol. The third kappa shape index (κ3) is 3.80. The van der Waals surface area contributed by atoms with E-state index in [1.54, 1.807) is 20.5 Å². The second-order valence-corrected chi connectivity index (χ2v) is 7.54. The molecule has 0 atom stereocenters. The number of aryl methyl sites for hydroxylation is 1. The van der Waals surface area contributed by atoms with E-state index >= 15 is 0 Å². The van der Waals surface area contributed by atoms with Crippen LogP contribution in [0.1, 0.15) is 11.3 Å². The highest BCUT2D eigenvalue weighted by Crippen LogP contribution is 2.31. The van der Waals surface area contributed by atoms with Crippen LogP contribution in [0.25, 0.3) is 17.0 Å². The molecule has 150 valence electrons. The lowest BCUT2D eigenvalue weighted by atomic mass is 10.1. The number of fused-ring (bicyclic) bond motifs is 1. The number of hydrogen-bond acceptors (Lipinski definition) is 5. The van der Waals surface area contributed by atoms with E-state index in [-0.39, 0.29) is 0 Å². The molecule has 1 aromatic carbocycles. The number of pyridine rings is 1. The van der Waals surface area contributed by atoms with Gasteiger partial charge in [0.25, 0.3) is 0 Å². The molecule has 8 heteroatoms. The van der Waals surface area contributed by atoms with E-state index in [9.17, 15) is 0 Å². The van der Waals surface area contributed by atoms with Crippen LogP contribution in [-0.4, -0.2) is 40.1 Å². The molecule has 4 aromatic rings. The van der Waals surface area contributed by atoms with Crippen LogP contribution in [0.4, 0.5) is 5.82 Å². The number of hydrogen-bond donors (Lipinski definition) is 2. The van der Waals surface area contributed by atoms with Crippen LogP contribution in [0.2, 0.25) is 0 Å². The molecule has 4 rings (SSSR count). The highest BCUT2D eigenvalue weighted by molar-refractivity contribution is 9.10. The van der Waals surface area contributed by atoms with Gasteiger partial charge in [-0.3, -0.25) is 4.40 Å². The Kier molecular flexibility index (Phi) is 5.44. The summed E-state index contributed by atoms with van der Waals surface area (Å²) >= 11 is 3.55. The van der Waals surface area contributed by atoms with Crippen molar-refractivity contribution >= 4 is 27.4 Å². The van der Waals surface area contributed by atoms with Crippen LogP contribution in [0.3, 0.4) is 0 Å². The normalized spacial score (nSPS) is 11.0. The van der Waals surface area contributed by atoms with Crippen molar-refractivity contribution in [2.75, 3.05) is 26.1 Å². The number of ether oxygens (including phenoxy) is 2. The second-order valence-electron chi connectivity index (χ2n) is 6.63. The minimum atomic E-state index is 0.728. The summed E-state index contributed by atoms with van der Waals surface area (Å²) in [7, 11) is 3.29. The first-order chi connectivity index (χ1) is 14.1.